The molecule has 6 heteroatoms. The molecule has 2 aromatic rings. The number of rotatable bonds is 3. The van der Waals surface area contributed by atoms with Crippen LogP contribution in [0.1, 0.15) is 41.9 Å². The lowest BCUT2D eigenvalue weighted by atomic mass is 9.76. The average molecular weight is 448 g/mol. The number of hydrogen-bond acceptors (Lipinski definition) is 3. The third-order valence-corrected chi connectivity index (χ3v) is 7.47. The average Bonchev–Trinajstić information content (AvgIpc) is 2.85. The van der Waals surface area contributed by atoms with Crippen LogP contribution >= 0.6 is 0 Å². The molecule has 33 heavy (non-hydrogen) atoms. The predicted octanol–water partition coefficient (Wildman–Crippen LogP) is 3.55. The molecule has 0 spiro atoms. The van der Waals surface area contributed by atoms with Gasteiger partial charge in [-0.15, -0.1) is 0 Å². The maximum atomic E-state index is 13.3. The number of ether oxygens (including phenoxy) is 1. The molecule has 3 aliphatic heterocycles. The Morgan fingerprint density at radius 1 is 0.939 bits per heavy atom. The van der Waals surface area contributed by atoms with E-state index < -0.39 is 0 Å². The van der Waals surface area contributed by atoms with Gasteiger partial charge in [-0.05, 0) is 43.2 Å². The molecule has 1 N–H and O–H groups in total. The molecule has 3 fully saturated rings. The predicted molar refractivity (Wildman–Crippen MR) is 127 cm³/mol. The zero-order valence-electron chi connectivity index (χ0n) is 19.3. The van der Waals surface area contributed by atoms with Gasteiger partial charge in [-0.2, -0.15) is 0 Å². The number of nitrogens with zero attached hydrogens (tertiary/aromatic N) is 2. The van der Waals surface area contributed by atoms with Crippen LogP contribution < -0.4 is 5.32 Å². The number of piperidine rings is 2. The largest absolute Gasteiger partial charge is 0.366 e. The number of hydrogen-bond donors (Lipinski definition) is 1. The van der Waals surface area contributed by atoms with E-state index in [9.17, 15) is 9.59 Å². The molecular formula is C27H33N3O3. The molecule has 0 unspecified atom stereocenters. The fraction of sp³-hybridized carbons (Fsp3) is 0.481. The third-order valence-electron chi connectivity index (χ3n) is 7.47. The van der Waals surface area contributed by atoms with E-state index in [1.165, 1.54) is 16.7 Å². The highest BCUT2D eigenvalue weighted by Gasteiger charge is 2.38. The van der Waals surface area contributed by atoms with Crippen molar-refractivity contribution in [2.45, 2.75) is 44.2 Å². The lowest BCUT2D eigenvalue weighted by molar-refractivity contribution is -0.139. The highest BCUT2D eigenvalue weighted by Crippen LogP contribution is 2.38. The summed E-state index contributed by atoms with van der Waals surface area (Å²) in [5, 5.41) is 2.99. The van der Waals surface area contributed by atoms with Crippen molar-refractivity contribution in [3.8, 4) is 0 Å². The number of likely N-dealkylation sites (tertiary alicyclic amines) is 2. The Balaban J connectivity index is 1.25. The molecule has 0 saturated carbocycles. The first-order valence-electron chi connectivity index (χ1n) is 12.1. The summed E-state index contributed by atoms with van der Waals surface area (Å²) < 4.78 is 5.64. The van der Waals surface area contributed by atoms with Crippen LogP contribution in [0.25, 0.3) is 0 Å². The van der Waals surface area contributed by atoms with Gasteiger partial charge in [-0.25, -0.2) is 4.79 Å². The number of morpholine rings is 1. The summed E-state index contributed by atoms with van der Waals surface area (Å²) in [5.41, 5.74) is 3.97. The summed E-state index contributed by atoms with van der Waals surface area (Å²) in [5.74, 6) is 0.750. The number of urea groups is 1. The van der Waals surface area contributed by atoms with Gasteiger partial charge in [0.15, 0.2) is 0 Å². The van der Waals surface area contributed by atoms with Gasteiger partial charge in [0.05, 0.1) is 12.1 Å². The van der Waals surface area contributed by atoms with E-state index in [1.807, 2.05) is 9.80 Å². The molecule has 3 amide bonds. The maximum absolute atomic E-state index is 13.3. The molecule has 3 aliphatic rings. The topological polar surface area (TPSA) is 61.9 Å². The smallest absolute Gasteiger partial charge is 0.320 e. The first-order chi connectivity index (χ1) is 16.1. The van der Waals surface area contributed by atoms with Crippen LogP contribution in [-0.2, 0) is 9.53 Å². The molecule has 2 aromatic carbocycles. The Morgan fingerprint density at radius 3 is 2.33 bits per heavy atom. The Bertz CT molecular complexity index is 970. The second-order valence-electron chi connectivity index (χ2n) is 9.66. The zero-order chi connectivity index (χ0) is 22.8. The monoisotopic (exact) mass is 447 g/mol. The van der Waals surface area contributed by atoms with E-state index in [4.69, 9.17) is 4.74 Å². The second-order valence-corrected chi connectivity index (χ2v) is 9.66. The standard InChI is InChI=1S/C27H33N3O3/c1-19-7-9-21(10-8-19)26(20-5-3-2-4-6-20)22-11-14-29(15-12-22)27(32)30-16-13-24-23(17-30)28-25(31)18-33-24/h2-10,22-24,26H,11-18H2,1H3,(H,28,31)/t23-,24+,26-/m1/s1. The van der Waals surface area contributed by atoms with Crippen LogP contribution in [0.15, 0.2) is 54.6 Å². The van der Waals surface area contributed by atoms with Gasteiger partial charge in [-0.3, -0.25) is 4.79 Å². The second kappa shape index (κ2) is 9.56. The minimum atomic E-state index is -0.0921. The molecular weight excluding hydrogens is 414 g/mol. The number of nitrogens with one attached hydrogen (secondary N) is 1. The van der Waals surface area contributed by atoms with Gasteiger partial charge in [0.1, 0.15) is 6.61 Å². The molecule has 3 atom stereocenters. The third kappa shape index (κ3) is 4.76. The van der Waals surface area contributed by atoms with Crippen LogP contribution in [0.2, 0.25) is 0 Å². The van der Waals surface area contributed by atoms with Crippen LogP contribution in [0.4, 0.5) is 4.79 Å². The quantitative estimate of drug-likeness (QED) is 0.783. The number of aryl methyl sites for hydroxylation is 1. The Kier molecular flexibility index (Phi) is 6.36. The van der Waals surface area contributed by atoms with E-state index >= 15 is 0 Å². The van der Waals surface area contributed by atoms with E-state index in [2.05, 4.69) is 66.8 Å². The maximum Gasteiger partial charge on any atom is 0.320 e. The van der Waals surface area contributed by atoms with E-state index in [0.717, 1.165) is 32.4 Å². The van der Waals surface area contributed by atoms with Gasteiger partial charge in [0, 0.05) is 32.1 Å². The number of amides is 3. The van der Waals surface area contributed by atoms with E-state index in [-0.39, 0.29) is 30.7 Å². The number of benzene rings is 2. The van der Waals surface area contributed by atoms with E-state index in [0.29, 0.717) is 24.9 Å². The molecule has 174 valence electrons. The van der Waals surface area contributed by atoms with Gasteiger partial charge in [0.2, 0.25) is 5.91 Å². The SMILES string of the molecule is Cc1ccc([C@@H](c2ccccc2)C2CCN(C(=O)N3CC[C@@H]4OCC(=O)N[C@@H]4C3)CC2)cc1. The molecule has 0 aromatic heterocycles. The van der Waals surface area contributed by atoms with Crippen molar-refractivity contribution in [3.05, 3.63) is 71.3 Å². The van der Waals surface area contributed by atoms with Crippen molar-refractivity contribution in [3.63, 3.8) is 0 Å². The van der Waals surface area contributed by atoms with Crippen LogP contribution in [0, 0.1) is 12.8 Å². The lowest BCUT2D eigenvalue weighted by Gasteiger charge is -2.44. The normalized spacial score (nSPS) is 24.7. The molecule has 6 nitrogen and oxygen atoms in total. The summed E-state index contributed by atoms with van der Waals surface area (Å²) in [6, 6.07) is 19.7. The Morgan fingerprint density at radius 2 is 1.61 bits per heavy atom. The number of carbonyl (C=O) groups is 2. The zero-order valence-corrected chi connectivity index (χ0v) is 19.3. The number of fused-ring (bicyclic) bond motifs is 1. The summed E-state index contributed by atoms with van der Waals surface area (Å²) in [6.07, 6.45) is 2.77. The highest BCUT2D eigenvalue weighted by molar-refractivity contribution is 5.79. The fourth-order valence-corrected chi connectivity index (χ4v) is 5.67. The molecule has 5 rings (SSSR count). The van der Waals surface area contributed by atoms with Gasteiger partial charge < -0.3 is 19.9 Å². The van der Waals surface area contributed by atoms with Crippen molar-refractivity contribution < 1.29 is 14.3 Å². The summed E-state index contributed by atoms with van der Waals surface area (Å²) in [6.45, 7) is 5.01. The van der Waals surface area contributed by atoms with E-state index in [1.54, 1.807) is 0 Å². The number of carbonyl (C=O) groups excluding carboxylic acids is 2. The van der Waals surface area contributed by atoms with Crippen molar-refractivity contribution in [2.75, 3.05) is 32.8 Å². The molecule has 0 radical (unpaired) electrons. The Hall–Kier alpha value is -2.86. The Labute approximate surface area is 195 Å². The van der Waals surface area contributed by atoms with Gasteiger partial charge in [0.25, 0.3) is 0 Å². The van der Waals surface area contributed by atoms with Crippen molar-refractivity contribution >= 4 is 11.9 Å². The van der Waals surface area contributed by atoms with Crippen molar-refractivity contribution in [2.24, 2.45) is 5.92 Å². The van der Waals surface area contributed by atoms with Gasteiger partial charge in [-0.1, -0.05) is 60.2 Å². The summed E-state index contributed by atoms with van der Waals surface area (Å²) in [7, 11) is 0. The van der Waals surface area contributed by atoms with Crippen molar-refractivity contribution in [1.29, 1.82) is 0 Å². The minimum absolute atomic E-state index is 0.0265. The van der Waals surface area contributed by atoms with Crippen LogP contribution in [0.3, 0.4) is 0 Å². The molecule has 0 bridgehead atoms. The van der Waals surface area contributed by atoms with Crippen molar-refractivity contribution in [1.82, 2.24) is 15.1 Å². The first kappa shape index (κ1) is 22.0. The minimum Gasteiger partial charge on any atom is -0.366 e. The fourth-order valence-electron chi connectivity index (χ4n) is 5.67. The molecule has 0 aliphatic carbocycles. The van der Waals surface area contributed by atoms with Crippen LogP contribution in [0.5, 0.6) is 0 Å². The molecule has 3 heterocycles. The summed E-state index contributed by atoms with van der Waals surface area (Å²) >= 11 is 0. The molecule has 3 saturated heterocycles. The summed E-state index contributed by atoms with van der Waals surface area (Å²) in [4.78, 5) is 28.9. The lowest BCUT2D eigenvalue weighted by Crippen LogP contribution is -2.62. The van der Waals surface area contributed by atoms with Gasteiger partial charge >= 0.3 is 6.03 Å². The van der Waals surface area contributed by atoms with Crippen LogP contribution in [-0.4, -0.2) is 66.7 Å². The first-order valence-corrected chi connectivity index (χ1v) is 12.1. The highest BCUT2D eigenvalue weighted by atomic mass is 16.5.